The molecule has 0 aromatic heterocycles. The lowest BCUT2D eigenvalue weighted by molar-refractivity contribution is -0.119. The van der Waals surface area contributed by atoms with E-state index < -0.39 is 11.9 Å². The summed E-state index contributed by atoms with van der Waals surface area (Å²) in [6.45, 7) is 0. The molecule has 1 rings (SSSR count). The normalized spacial score (nSPS) is 17.8. The molecule has 3 amide bonds. The third kappa shape index (κ3) is 1.25. The van der Waals surface area contributed by atoms with Crippen molar-refractivity contribution in [3.63, 3.8) is 0 Å². The van der Waals surface area contributed by atoms with Crippen LogP contribution in [0.5, 0.6) is 0 Å². The zero-order chi connectivity index (χ0) is 7.56. The number of hydrogen-bond donors (Lipinski definition) is 1. The molecule has 0 saturated carbocycles. The van der Waals surface area contributed by atoms with Crippen molar-refractivity contribution in [1.29, 1.82) is 0 Å². The Morgan fingerprint density at radius 3 is 2.70 bits per heavy atom. The Kier molecular flexibility index (Phi) is 1.57. The second-order valence-electron chi connectivity index (χ2n) is 1.75. The Morgan fingerprint density at radius 2 is 2.20 bits per heavy atom. The summed E-state index contributed by atoms with van der Waals surface area (Å²) in [5.74, 6) is -0.484. The first kappa shape index (κ1) is 6.60. The predicted octanol–water partition coefficient (Wildman–Crippen LogP) is -0.734. The second kappa shape index (κ2) is 2.38. The molecule has 1 aliphatic heterocycles. The highest BCUT2D eigenvalue weighted by atomic mass is 16.2. The van der Waals surface area contributed by atoms with Gasteiger partial charge >= 0.3 is 6.03 Å². The lowest BCUT2D eigenvalue weighted by atomic mass is 10.2. The predicted molar refractivity (Wildman–Crippen MR) is 31.7 cm³/mol. The van der Waals surface area contributed by atoms with Crippen LogP contribution in [0.3, 0.4) is 0 Å². The van der Waals surface area contributed by atoms with E-state index in [9.17, 15) is 14.4 Å². The van der Waals surface area contributed by atoms with Crippen LogP contribution in [-0.2, 0) is 9.59 Å². The van der Waals surface area contributed by atoms with E-state index in [4.69, 9.17) is 0 Å². The lowest BCUT2D eigenvalue weighted by Gasteiger charge is -2.04. The average molecular weight is 140 g/mol. The van der Waals surface area contributed by atoms with Crippen molar-refractivity contribution in [1.82, 2.24) is 5.32 Å². The van der Waals surface area contributed by atoms with Gasteiger partial charge in [-0.2, -0.15) is 4.99 Å². The third-order valence-electron chi connectivity index (χ3n) is 0.969. The summed E-state index contributed by atoms with van der Waals surface area (Å²) in [7, 11) is 0. The molecule has 0 radical (unpaired) electrons. The molecule has 5 heteroatoms. The van der Waals surface area contributed by atoms with Crippen LogP contribution in [0, 0.1) is 0 Å². The number of nitrogens with one attached hydrogen (secondary N) is 1. The number of aldehydes is 1. The second-order valence-corrected chi connectivity index (χ2v) is 1.75. The Hall–Kier alpha value is -1.52. The molecule has 0 unspecified atom stereocenters. The standard InChI is InChI=1S/C5H4N2O3/c8-2-3-1-4(9)7-5(10)6-3/h2H,1H2,(H,7,9,10). The summed E-state index contributed by atoms with van der Waals surface area (Å²) in [5, 5.41) is 1.92. The van der Waals surface area contributed by atoms with Crippen molar-refractivity contribution in [2.45, 2.75) is 6.42 Å². The highest BCUT2D eigenvalue weighted by molar-refractivity contribution is 6.36. The largest absolute Gasteiger partial charge is 0.347 e. The summed E-state index contributed by atoms with van der Waals surface area (Å²) >= 11 is 0. The van der Waals surface area contributed by atoms with Crippen LogP contribution < -0.4 is 5.32 Å². The van der Waals surface area contributed by atoms with E-state index in [0.29, 0.717) is 6.29 Å². The molecule has 0 saturated heterocycles. The Labute approximate surface area is 56.1 Å². The van der Waals surface area contributed by atoms with Gasteiger partial charge in [-0.15, -0.1) is 0 Å². The summed E-state index contributed by atoms with van der Waals surface area (Å²) in [6, 6.07) is -0.765. The molecule has 0 fully saturated rings. The first-order chi connectivity index (χ1) is 4.72. The molecule has 1 N–H and O–H groups in total. The maximum Gasteiger partial charge on any atom is 0.347 e. The van der Waals surface area contributed by atoms with E-state index in [-0.39, 0.29) is 12.1 Å². The van der Waals surface area contributed by atoms with E-state index in [1.165, 1.54) is 0 Å². The van der Waals surface area contributed by atoms with Crippen LogP contribution in [0.4, 0.5) is 4.79 Å². The zero-order valence-electron chi connectivity index (χ0n) is 4.96. The maximum absolute atomic E-state index is 10.5. The summed E-state index contributed by atoms with van der Waals surface area (Å²) < 4.78 is 0. The minimum atomic E-state index is -0.765. The summed E-state index contributed by atoms with van der Waals surface area (Å²) in [5.41, 5.74) is -0.0197. The number of aliphatic imine (C=N–C) groups is 1. The number of carbonyl (C=O) groups excluding carboxylic acids is 3. The van der Waals surface area contributed by atoms with Gasteiger partial charge < -0.3 is 0 Å². The highest BCUT2D eigenvalue weighted by Crippen LogP contribution is 1.92. The number of hydrogen-bond acceptors (Lipinski definition) is 3. The van der Waals surface area contributed by atoms with Crippen LogP contribution in [0.15, 0.2) is 4.99 Å². The molecule has 52 valence electrons. The van der Waals surface area contributed by atoms with Crippen LogP contribution in [0.2, 0.25) is 0 Å². The van der Waals surface area contributed by atoms with Gasteiger partial charge in [-0.3, -0.25) is 14.9 Å². The number of urea groups is 1. The molecule has 0 aromatic rings. The van der Waals surface area contributed by atoms with E-state index in [0.717, 1.165) is 0 Å². The number of amides is 3. The van der Waals surface area contributed by atoms with Gasteiger partial charge in [-0.1, -0.05) is 0 Å². The van der Waals surface area contributed by atoms with Crippen molar-refractivity contribution >= 4 is 23.9 Å². The van der Waals surface area contributed by atoms with Crippen LogP contribution in [0.1, 0.15) is 6.42 Å². The number of nitrogens with zero attached hydrogens (tertiary/aromatic N) is 1. The number of imide groups is 1. The maximum atomic E-state index is 10.5. The Bertz CT molecular complexity index is 231. The number of carbonyl (C=O) groups is 3. The Morgan fingerprint density at radius 1 is 1.50 bits per heavy atom. The van der Waals surface area contributed by atoms with Crippen molar-refractivity contribution in [3.05, 3.63) is 0 Å². The van der Waals surface area contributed by atoms with Gasteiger partial charge in [0, 0.05) is 0 Å². The summed E-state index contributed by atoms with van der Waals surface area (Å²) in [6.07, 6.45) is 0.297. The summed E-state index contributed by atoms with van der Waals surface area (Å²) in [4.78, 5) is 34.1. The SMILES string of the molecule is O=CC1=NC(=O)NC(=O)C1. The molecule has 0 spiro atoms. The van der Waals surface area contributed by atoms with Crippen LogP contribution in [0.25, 0.3) is 0 Å². The van der Waals surface area contributed by atoms with Crippen molar-refractivity contribution in [2.75, 3.05) is 0 Å². The van der Waals surface area contributed by atoms with E-state index in [1.54, 1.807) is 0 Å². The fourth-order valence-electron chi connectivity index (χ4n) is 0.594. The molecular formula is C5H4N2O3. The molecule has 0 bridgehead atoms. The quantitative estimate of drug-likeness (QED) is 0.487. The van der Waals surface area contributed by atoms with Gasteiger partial charge in [0.25, 0.3) is 0 Å². The van der Waals surface area contributed by atoms with Crippen molar-refractivity contribution < 1.29 is 14.4 Å². The van der Waals surface area contributed by atoms with E-state index >= 15 is 0 Å². The Balaban J connectivity index is 2.84. The molecule has 0 aromatic carbocycles. The van der Waals surface area contributed by atoms with Crippen molar-refractivity contribution in [2.24, 2.45) is 4.99 Å². The highest BCUT2D eigenvalue weighted by Gasteiger charge is 2.16. The minimum Gasteiger partial charge on any atom is -0.297 e. The first-order valence-corrected chi connectivity index (χ1v) is 2.59. The molecule has 0 atom stereocenters. The molecule has 10 heavy (non-hydrogen) atoms. The van der Waals surface area contributed by atoms with Gasteiger partial charge in [0.05, 0.1) is 12.1 Å². The molecule has 0 aliphatic carbocycles. The topological polar surface area (TPSA) is 75.6 Å². The molecular weight excluding hydrogens is 136 g/mol. The fraction of sp³-hybridized carbons (Fsp3) is 0.200. The van der Waals surface area contributed by atoms with E-state index in [1.807, 2.05) is 5.32 Å². The first-order valence-electron chi connectivity index (χ1n) is 2.59. The zero-order valence-corrected chi connectivity index (χ0v) is 4.96. The molecule has 1 aliphatic rings. The van der Waals surface area contributed by atoms with E-state index in [2.05, 4.69) is 4.99 Å². The van der Waals surface area contributed by atoms with Gasteiger partial charge in [0.1, 0.15) is 0 Å². The van der Waals surface area contributed by atoms with Gasteiger partial charge in [0.2, 0.25) is 5.91 Å². The van der Waals surface area contributed by atoms with Gasteiger partial charge in [-0.05, 0) is 0 Å². The molecule has 1 heterocycles. The van der Waals surface area contributed by atoms with Crippen LogP contribution in [-0.4, -0.2) is 23.9 Å². The molecule has 5 nitrogen and oxygen atoms in total. The van der Waals surface area contributed by atoms with Crippen LogP contribution >= 0.6 is 0 Å². The average Bonchev–Trinajstić information content (AvgIpc) is 1.85. The third-order valence-corrected chi connectivity index (χ3v) is 0.969. The smallest absolute Gasteiger partial charge is 0.297 e. The van der Waals surface area contributed by atoms with Gasteiger partial charge in [0.15, 0.2) is 6.29 Å². The van der Waals surface area contributed by atoms with Crippen molar-refractivity contribution in [3.8, 4) is 0 Å². The fourth-order valence-corrected chi connectivity index (χ4v) is 0.594. The monoisotopic (exact) mass is 140 g/mol. The lowest BCUT2D eigenvalue weighted by Crippen LogP contribution is -2.35. The number of rotatable bonds is 1. The minimum absolute atomic E-state index is 0.0197. The van der Waals surface area contributed by atoms with Gasteiger partial charge in [-0.25, -0.2) is 4.79 Å².